The van der Waals surface area contributed by atoms with Gasteiger partial charge < -0.3 is 4.57 Å². The number of hydrogen-bond acceptors (Lipinski definition) is 1. The van der Waals surface area contributed by atoms with Gasteiger partial charge in [-0.2, -0.15) is 0 Å². The van der Waals surface area contributed by atoms with Crippen LogP contribution in [-0.2, 0) is 0 Å². The minimum atomic E-state index is 0.665. The molecule has 0 aromatic carbocycles. The van der Waals surface area contributed by atoms with E-state index in [2.05, 4.69) is 29.7 Å². The summed E-state index contributed by atoms with van der Waals surface area (Å²) in [6.45, 7) is 4.22. The molecule has 0 saturated heterocycles. The summed E-state index contributed by atoms with van der Waals surface area (Å²) in [4.78, 5) is 4.26. The van der Waals surface area contributed by atoms with Crippen molar-refractivity contribution < 1.29 is 0 Å². The van der Waals surface area contributed by atoms with Crippen LogP contribution in [0.1, 0.15) is 56.0 Å². The van der Waals surface area contributed by atoms with Crippen LogP contribution >= 0.6 is 0 Å². The summed E-state index contributed by atoms with van der Waals surface area (Å²) < 4.78 is 2.26. The van der Waals surface area contributed by atoms with Crippen molar-refractivity contribution >= 4 is 0 Å². The molecule has 0 N–H and O–H groups in total. The lowest BCUT2D eigenvalue weighted by Crippen LogP contribution is -2.09. The first-order chi connectivity index (χ1) is 6.79. The quantitative estimate of drug-likeness (QED) is 0.623. The van der Waals surface area contributed by atoms with Crippen LogP contribution in [0.4, 0.5) is 0 Å². The van der Waals surface area contributed by atoms with Gasteiger partial charge in [-0.1, -0.05) is 25.7 Å². The highest BCUT2D eigenvalue weighted by atomic mass is 15.1. The van der Waals surface area contributed by atoms with E-state index in [-0.39, 0.29) is 0 Å². The molecule has 0 unspecified atom stereocenters. The third kappa shape index (κ3) is 1.84. The highest BCUT2D eigenvalue weighted by Gasteiger charge is 2.16. The molecule has 2 heteroatoms. The standard InChI is InChI=1S/C12H19N2/c1-10-11(2)14(9-13-10)12-7-5-3-4-6-8-12/h12H,3-8H2,1-2H3. The lowest BCUT2D eigenvalue weighted by Gasteiger charge is -2.17. The van der Waals surface area contributed by atoms with Crippen LogP contribution in [0.25, 0.3) is 0 Å². The van der Waals surface area contributed by atoms with Crippen LogP contribution in [0.5, 0.6) is 0 Å². The van der Waals surface area contributed by atoms with Gasteiger partial charge in [0.2, 0.25) is 0 Å². The van der Waals surface area contributed by atoms with Crippen molar-refractivity contribution in [1.29, 1.82) is 0 Å². The monoisotopic (exact) mass is 191 g/mol. The van der Waals surface area contributed by atoms with E-state index in [4.69, 9.17) is 0 Å². The van der Waals surface area contributed by atoms with E-state index in [1.54, 1.807) is 0 Å². The van der Waals surface area contributed by atoms with Gasteiger partial charge in [-0.05, 0) is 26.7 Å². The molecule has 1 fully saturated rings. The molecular weight excluding hydrogens is 172 g/mol. The zero-order chi connectivity index (χ0) is 9.97. The lowest BCUT2D eigenvalue weighted by molar-refractivity contribution is 0.434. The van der Waals surface area contributed by atoms with Gasteiger partial charge in [0.15, 0.2) is 6.33 Å². The maximum atomic E-state index is 4.26. The Hall–Kier alpha value is -0.790. The van der Waals surface area contributed by atoms with Crippen molar-refractivity contribution in [2.45, 2.75) is 58.4 Å². The van der Waals surface area contributed by atoms with Gasteiger partial charge in [-0.15, -0.1) is 0 Å². The largest absolute Gasteiger partial charge is 0.322 e. The molecule has 0 spiro atoms. The Bertz CT molecular complexity index is 293. The zero-order valence-corrected chi connectivity index (χ0v) is 9.21. The lowest BCUT2D eigenvalue weighted by atomic mass is 10.1. The summed E-state index contributed by atoms with van der Waals surface area (Å²) in [5.74, 6) is 0. The molecule has 0 amide bonds. The fraction of sp³-hybridized carbons (Fsp3) is 0.750. The molecule has 1 aromatic heterocycles. The summed E-state index contributed by atoms with van der Waals surface area (Å²) in [6.07, 6.45) is 11.3. The van der Waals surface area contributed by atoms with E-state index in [0.29, 0.717) is 6.04 Å². The average molecular weight is 191 g/mol. The average Bonchev–Trinajstić information content (AvgIpc) is 2.47. The van der Waals surface area contributed by atoms with Gasteiger partial charge in [-0.25, -0.2) is 4.98 Å². The van der Waals surface area contributed by atoms with Crippen molar-refractivity contribution in [2.24, 2.45) is 0 Å². The summed E-state index contributed by atoms with van der Waals surface area (Å²) in [7, 11) is 0. The van der Waals surface area contributed by atoms with Gasteiger partial charge in [0.25, 0.3) is 0 Å². The first-order valence-electron chi connectivity index (χ1n) is 5.72. The van der Waals surface area contributed by atoms with Gasteiger partial charge in [0.05, 0.1) is 5.69 Å². The molecule has 77 valence electrons. The topological polar surface area (TPSA) is 17.8 Å². The number of aryl methyl sites for hydroxylation is 1. The molecule has 1 aliphatic carbocycles. The first kappa shape index (κ1) is 9.75. The van der Waals surface area contributed by atoms with Gasteiger partial charge in [0, 0.05) is 11.7 Å². The van der Waals surface area contributed by atoms with Crippen LogP contribution in [0, 0.1) is 20.2 Å². The van der Waals surface area contributed by atoms with Crippen LogP contribution < -0.4 is 0 Å². The summed E-state index contributed by atoms with van der Waals surface area (Å²) in [5.41, 5.74) is 2.44. The number of nitrogens with zero attached hydrogens (tertiary/aromatic N) is 2. The molecule has 14 heavy (non-hydrogen) atoms. The SMILES string of the molecule is Cc1n[c]n(C2CCCCCC2)c1C. The number of hydrogen-bond donors (Lipinski definition) is 0. The number of rotatable bonds is 1. The molecule has 1 heterocycles. The molecule has 2 nitrogen and oxygen atoms in total. The highest BCUT2D eigenvalue weighted by Crippen LogP contribution is 2.28. The predicted molar refractivity (Wildman–Crippen MR) is 57.3 cm³/mol. The van der Waals surface area contributed by atoms with Crippen LogP contribution in [0.3, 0.4) is 0 Å². The Labute approximate surface area is 86.3 Å². The molecule has 1 radical (unpaired) electrons. The molecule has 0 atom stereocenters. The third-order valence-corrected chi connectivity index (χ3v) is 3.40. The van der Waals surface area contributed by atoms with Crippen molar-refractivity contribution in [3.8, 4) is 0 Å². The number of aromatic nitrogens is 2. The molecule has 1 aromatic rings. The molecular formula is C12H19N2. The van der Waals surface area contributed by atoms with Crippen molar-refractivity contribution in [3.63, 3.8) is 0 Å². The third-order valence-electron chi connectivity index (χ3n) is 3.40. The van der Waals surface area contributed by atoms with E-state index in [9.17, 15) is 0 Å². The fourth-order valence-electron chi connectivity index (χ4n) is 2.33. The molecule has 1 saturated carbocycles. The Morgan fingerprint density at radius 2 is 1.79 bits per heavy atom. The van der Waals surface area contributed by atoms with E-state index in [0.717, 1.165) is 5.69 Å². The smallest absolute Gasteiger partial charge is 0.177 e. The van der Waals surface area contributed by atoms with E-state index < -0.39 is 0 Å². The first-order valence-corrected chi connectivity index (χ1v) is 5.72. The maximum Gasteiger partial charge on any atom is 0.177 e. The second-order valence-corrected chi connectivity index (χ2v) is 4.40. The van der Waals surface area contributed by atoms with Crippen LogP contribution in [0.15, 0.2) is 0 Å². The number of imidazole rings is 1. The van der Waals surface area contributed by atoms with Crippen molar-refractivity contribution in [1.82, 2.24) is 9.55 Å². The molecule has 2 rings (SSSR count). The van der Waals surface area contributed by atoms with E-state index in [1.165, 1.54) is 44.2 Å². The van der Waals surface area contributed by atoms with E-state index in [1.807, 2.05) is 0 Å². The van der Waals surface area contributed by atoms with Crippen LogP contribution in [-0.4, -0.2) is 9.55 Å². The van der Waals surface area contributed by atoms with Gasteiger partial charge in [0.1, 0.15) is 0 Å². The Morgan fingerprint density at radius 1 is 1.14 bits per heavy atom. The highest BCUT2D eigenvalue weighted by molar-refractivity contribution is 5.09. The Kier molecular flexibility index (Phi) is 2.90. The molecule has 0 aliphatic heterocycles. The fourth-order valence-corrected chi connectivity index (χ4v) is 2.33. The van der Waals surface area contributed by atoms with Gasteiger partial charge in [-0.3, -0.25) is 0 Å². The zero-order valence-electron chi connectivity index (χ0n) is 9.21. The van der Waals surface area contributed by atoms with Crippen LogP contribution in [0.2, 0.25) is 0 Å². The minimum absolute atomic E-state index is 0.665. The molecule has 0 bridgehead atoms. The summed E-state index contributed by atoms with van der Waals surface area (Å²) >= 11 is 0. The Balaban J connectivity index is 2.16. The second-order valence-electron chi connectivity index (χ2n) is 4.40. The maximum absolute atomic E-state index is 4.26. The van der Waals surface area contributed by atoms with Crippen molar-refractivity contribution in [2.75, 3.05) is 0 Å². The normalized spacial score (nSPS) is 19.6. The predicted octanol–water partition coefficient (Wildman–Crippen LogP) is 3.20. The Morgan fingerprint density at radius 3 is 2.29 bits per heavy atom. The summed E-state index contributed by atoms with van der Waals surface area (Å²) in [6, 6.07) is 0.665. The van der Waals surface area contributed by atoms with Crippen molar-refractivity contribution in [3.05, 3.63) is 17.7 Å². The minimum Gasteiger partial charge on any atom is -0.322 e. The second kappa shape index (κ2) is 4.16. The summed E-state index contributed by atoms with van der Waals surface area (Å²) in [5, 5.41) is 0. The van der Waals surface area contributed by atoms with Gasteiger partial charge >= 0.3 is 0 Å². The van der Waals surface area contributed by atoms with E-state index >= 15 is 0 Å². The molecule has 1 aliphatic rings.